The van der Waals surface area contributed by atoms with Crippen LogP contribution in [0.15, 0.2) is 30.6 Å². The number of hydrogen-bond donors (Lipinski definition) is 1. The van der Waals surface area contributed by atoms with E-state index in [0.29, 0.717) is 17.2 Å². The summed E-state index contributed by atoms with van der Waals surface area (Å²) >= 11 is 5.88. The van der Waals surface area contributed by atoms with Crippen molar-refractivity contribution in [2.75, 3.05) is 13.2 Å². The molecule has 0 bridgehead atoms. The number of carboxylic acid groups (broad SMARTS) is 1. The second-order valence-corrected chi connectivity index (χ2v) is 4.88. The molecule has 2 heterocycles. The van der Waals surface area contributed by atoms with Gasteiger partial charge in [0, 0.05) is 29.6 Å². The summed E-state index contributed by atoms with van der Waals surface area (Å²) in [6, 6.07) is 4.72. The molecule has 1 fully saturated rings. The number of benzene rings is 1. The average Bonchev–Trinajstić information content (AvgIpc) is 3.09. The van der Waals surface area contributed by atoms with E-state index in [9.17, 15) is 4.39 Å². The van der Waals surface area contributed by atoms with E-state index in [4.69, 9.17) is 26.2 Å². The third kappa shape index (κ3) is 3.80. The van der Waals surface area contributed by atoms with Crippen molar-refractivity contribution < 1.29 is 19.0 Å². The Morgan fingerprint density at radius 2 is 2.24 bits per heavy atom. The maximum atomic E-state index is 13.4. The van der Waals surface area contributed by atoms with Crippen molar-refractivity contribution in [3.05, 3.63) is 41.4 Å². The summed E-state index contributed by atoms with van der Waals surface area (Å²) in [6.45, 7) is 1.18. The molecule has 5 nitrogen and oxygen atoms in total. The maximum absolute atomic E-state index is 13.4. The number of hydrogen-bond acceptors (Lipinski definition) is 3. The standard InChI is InChI=1S/C13H12ClFN2O.CH2O2/c14-10-5-9(6-11(15)7-10)13-16-2-3-17(13)12-1-4-18-8-12;2-1-3/h2-3,5-7,12H,1,4,8H2;1H,(H,2,3). The van der Waals surface area contributed by atoms with Gasteiger partial charge in [0.25, 0.3) is 6.47 Å². The van der Waals surface area contributed by atoms with Gasteiger partial charge in [-0.2, -0.15) is 0 Å². The first-order valence-electron chi connectivity index (χ1n) is 6.30. The van der Waals surface area contributed by atoms with Crippen LogP contribution in [0.5, 0.6) is 0 Å². The molecule has 0 amide bonds. The molecule has 112 valence electrons. The molecule has 1 N–H and O–H groups in total. The molecule has 0 aliphatic carbocycles. The molecule has 1 atom stereocenters. The third-order valence-corrected chi connectivity index (χ3v) is 3.31. The smallest absolute Gasteiger partial charge is 0.290 e. The molecule has 2 aromatic rings. The molecule has 1 aromatic heterocycles. The lowest BCUT2D eigenvalue weighted by Gasteiger charge is -2.13. The van der Waals surface area contributed by atoms with Gasteiger partial charge in [0.1, 0.15) is 11.6 Å². The quantitative estimate of drug-likeness (QED) is 0.866. The Labute approximate surface area is 125 Å². The zero-order valence-corrected chi connectivity index (χ0v) is 11.8. The average molecular weight is 313 g/mol. The highest BCUT2D eigenvalue weighted by atomic mass is 35.5. The van der Waals surface area contributed by atoms with Gasteiger partial charge < -0.3 is 14.4 Å². The molecule has 0 saturated carbocycles. The van der Waals surface area contributed by atoms with E-state index in [1.807, 2.05) is 10.8 Å². The van der Waals surface area contributed by atoms with Crippen LogP contribution in [0.4, 0.5) is 4.39 Å². The minimum absolute atomic E-state index is 0.250. The van der Waals surface area contributed by atoms with Crippen molar-refractivity contribution >= 4 is 18.1 Å². The Balaban J connectivity index is 0.000000497. The Kier molecular flexibility index (Phi) is 5.30. The molecule has 1 aliphatic heterocycles. The second kappa shape index (κ2) is 7.19. The minimum atomic E-state index is -0.352. The lowest BCUT2D eigenvalue weighted by molar-refractivity contribution is -0.122. The topological polar surface area (TPSA) is 64.4 Å². The first-order valence-corrected chi connectivity index (χ1v) is 6.68. The zero-order valence-electron chi connectivity index (χ0n) is 11.1. The molecule has 21 heavy (non-hydrogen) atoms. The predicted octanol–water partition coefficient (Wildman–Crippen LogP) is 3.00. The van der Waals surface area contributed by atoms with Crippen molar-refractivity contribution in [2.24, 2.45) is 0 Å². The van der Waals surface area contributed by atoms with Gasteiger partial charge in [-0.1, -0.05) is 11.6 Å². The highest BCUT2D eigenvalue weighted by molar-refractivity contribution is 6.30. The molecule has 0 radical (unpaired) electrons. The van der Waals surface area contributed by atoms with Crippen LogP contribution in [0, 0.1) is 5.82 Å². The van der Waals surface area contributed by atoms with Gasteiger partial charge in [-0.15, -0.1) is 0 Å². The van der Waals surface area contributed by atoms with Crippen LogP contribution in [-0.2, 0) is 9.53 Å². The highest BCUT2D eigenvalue weighted by Gasteiger charge is 2.20. The summed E-state index contributed by atoms with van der Waals surface area (Å²) < 4.78 is 20.8. The lowest BCUT2D eigenvalue weighted by atomic mass is 10.2. The number of halogens is 2. The normalized spacial score (nSPS) is 17.1. The summed E-state index contributed by atoms with van der Waals surface area (Å²) in [5, 5.41) is 7.27. The van der Waals surface area contributed by atoms with E-state index in [0.717, 1.165) is 18.9 Å². The Hall–Kier alpha value is -1.92. The Bertz CT molecular complexity index is 592. The minimum Gasteiger partial charge on any atom is -0.483 e. The molecule has 3 rings (SSSR count). The Morgan fingerprint density at radius 1 is 1.48 bits per heavy atom. The second-order valence-electron chi connectivity index (χ2n) is 4.44. The number of nitrogens with zero attached hydrogens (tertiary/aromatic N) is 2. The zero-order chi connectivity index (χ0) is 15.2. The molecule has 1 saturated heterocycles. The largest absolute Gasteiger partial charge is 0.483 e. The van der Waals surface area contributed by atoms with Gasteiger partial charge in [-0.25, -0.2) is 9.37 Å². The summed E-state index contributed by atoms with van der Waals surface area (Å²) in [5.74, 6) is 0.377. The van der Waals surface area contributed by atoms with Crippen LogP contribution >= 0.6 is 11.6 Å². The van der Waals surface area contributed by atoms with E-state index >= 15 is 0 Å². The molecule has 0 spiro atoms. The fourth-order valence-corrected chi connectivity index (χ4v) is 2.48. The third-order valence-electron chi connectivity index (χ3n) is 3.09. The van der Waals surface area contributed by atoms with Crippen molar-refractivity contribution in [3.63, 3.8) is 0 Å². The number of rotatable bonds is 2. The van der Waals surface area contributed by atoms with Crippen molar-refractivity contribution in [1.29, 1.82) is 0 Å². The van der Waals surface area contributed by atoms with Gasteiger partial charge in [-0.05, 0) is 24.6 Å². The molecular formula is C14H14ClFN2O3. The van der Waals surface area contributed by atoms with Crippen molar-refractivity contribution in [3.8, 4) is 11.4 Å². The van der Waals surface area contributed by atoms with Crippen LogP contribution < -0.4 is 0 Å². The van der Waals surface area contributed by atoms with E-state index in [1.54, 1.807) is 12.3 Å². The van der Waals surface area contributed by atoms with Crippen molar-refractivity contribution in [2.45, 2.75) is 12.5 Å². The first kappa shape index (κ1) is 15.5. The van der Waals surface area contributed by atoms with Gasteiger partial charge in [0.15, 0.2) is 0 Å². The summed E-state index contributed by atoms with van der Waals surface area (Å²) in [4.78, 5) is 12.7. The SMILES string of the molecule is Fc1cc(Cl)cc(-c2nccn2C2CCOC2)c1.O=CO. The van der Waals surface area contributed by atoms with E-state index in [2.05, 4.69) is 4.98 Å². The predicted molar refractivity (Wildman–Crippen MR) is 75.8 cm³/mol. The van der Waals surface area contributed by atoms with E-state index in [1.165, 1.54) is 12.1 Å². The molecule has 1 aliphatic rings. The van der Waals surface area contributed by atoms with E-state index in [-0.39, 0.29) is 18.3 Å². The van der Waals surface area contributed by atoms with Gasteiger partial charge in [-0.3, -0.25) is 4.79 Å². The van der Waals surface area contributed by atoms with Crippen LogP contribution in [-0.4, -0.2) is 34.3 Å². The number of imidazole rings is 1. The molecule has 1 aromatic carbocycles. The number of ether oxygens (including phenoxy) is 1. The van der Waals surface area contributed by atoms with Crippen LogP contribution in [0.1, 0.15) is 12.5 Å². The fourth-order valence-electron chi connectivity index (χ4n) is 2.26. The van der Waals surface area contributed by atoms with E-state index < -0.39 is 0 Å². The van der Waals surface area contributed by atoms with Crippen LogP contribution in [0.25, 0.3) is 11.4 Å². The van der Waals surface area contributed by atoms with Gasteiger partial charge >= 0.3 is 0 Å². The van der Waals surface area contributed by atoms with Gasteiger partial charge in [0.05, 0.1) is 12.6 Å². The lowest BCUT2D eigenvalue weighted by Crippen LogP contribution is -2.09. The van der Waals surface area contributed by atoms with Crippen LogP contribution in [0.3, 0.4) is 0 Å². The fraction of sp³-hybridized carbons (Fsp3) is 0.286. The van der Waals surface area contributed by atoms with Crippen LogP contribution in [0.2, 0.25) is 5.02 Å². The van der Waals surface area contributed by atoms with Crippen molar-refractivity contribution in [1.82, 2.24) is 9.55 Å². The highest BCUT2D eigenvalue weighted by Crippen LogP contribution is 2.28. The number of carbonyl (C=O) groups is 1. The maximum Gasteiger partial charge on any atom is 0.290 e. The summed E-state index contributed by atoms with van der Waals surface area (Å²) in [6.07, 6.45) is 4.56. The molecular weight excluding hydrogens is 299 g/mol. The summed E-state index contributed by atoms with van der Waals surface area (Å²) in [7, 11) is 0. The molecule has 1 unspecified atom stereocenters. The number of aromatic nitrogens is 2. The molecule has 7 heteroatoms. The summed E-state index contributed by atoms with van der Waals surface area (Å²) in [5.41, 5.74) is 0.692. The van der Waals surface area contributed by atoms with Gasteiger partial charge in [0.2, 0.25) is 0 Å². The Morgan fingerprint density at radius 3 is 2.86 bits per heavy atom. The monoisotopic (exact) mass is 312 g/mol. The first-order chi connectivity index (χ1) is 10.2.